The Kier molecular flexibility index (Phi) is 5.45. The zero-order valence-electron chi connectivity index (χ0n) is 10.9. The Balaban J connectivity index is 2.57. The minimum absolute atomic E-state index is 0.00734. The monoisotopic (exact) mass is 281 g/mol. The number of carbonyl (C=O) groups is 2. The fraction of sp³-hybridized carbons (Fsp3) is 0.333. The number of carbonyl (C=O) groups excluding carboxylic acids is 1. The third kappa shape index (κ3) is 4.56. The maximum Gasteiger partial charge on any atom is 0.317 e. The Hall–Kier alpha value is -2.64. The molecule has 0 saturated heterocycles. The number of benzene rings is 1. The molecule has 0 fully saturated rings. The van der Waals surface area contributed by atoms with Gasteiger partial charge in [-0.1, -0.05) is 18.2 Å². The maximum atomic E-state index is 11.7. The fourth-order valence-corrected chi connectivity index (χ4v) is 1.51. The number of nitrogens with one attached hydrogen (secondary N) is 1. The van der Waals surface area contributed by atoms with Gasteiger partial charge in [-0.05, 0) is 0 Å². The lowest BCUT2D eigenvalue weighted by atomic mass is 10.2. The summed E-state index contributed by atoms with van der Waals surface area (Å²) in [5.74, 6) is -0.997. The van der Waals surface area contributed by atoms with Gasteiger partial charge in [-0.3, -0.25) is 14.9 Å². The third-order valence-electron chi connectivity index (χ3n) is 2.63. The lowest BCUT2D eigenvalue weighted by Crippen LogP contribution is -2.38. The van der Waals surface area contributed by atoms with Gasteiger partial charge < -0.3 is 15.3 Å². The second-order valence-electron chi connectivity index (χ2n) is 4.11. The Labute approximate surface area is 115 Å². The highest BCUT2D eigenvalue weighted by atomic mass is 16.6. The molecule has 1 aromatic carbocycles. The summed E-state index contributed by atoms with van der Waals surface area (Å²) in [5.41, 5.74) is 0.318. The number of nitro benzene ring substituents is 1. The van der Waals surface area contributed by atoms with E-state index in [0.29, 0.717) is 5.56 Å². The van der Waals surface area contributed by atoms with Gasteiger partial charge in [0.05, 0.1) is 17.9 Å². The molecule has 0 saturated carbocycles. The number of amides is 2. The van der Waals surface area contributed by atoms with Gasteiger partial charge in [0.25, 0.3) is 5.69 Å². The van der Waals surface area contributed by atoms with Gasteiger partial charge in [-0.25, -0.2) is 4.79 Å². The molecule has 0 heterocycles. The molecular weight excluding hydrogens is 266 g/mol. The molecule has 1 aromatic rings. The van der Waals surface area contributed by atoms with Gasteiger partial charge >= 0.3 is 12.0 Å². The van der Waals surface area contributed by atoms with E-state index in [1.165, 1.54) is 18.0 Å². The number of carboxylic acids is 1. The van der Waals surface area contributed by atoms with Crippen LogP contribution < -0.4 is 5.32 Å². The molecule has 108 valence electrons. The van der Waals surface area contributed by atoms with Crippen molar-refractivity contribution in [1.82, 2.24) is 10.2 Å². The molecule has 0 atom stereocenters. The van der Waals surface area contributed by atoms with Crippen molar-refractivity contribution < 1.29 is 19.6 Å². The maximum absolute atomic E-state index is 11.7. The van der Waals surface area contributed by atoms with E-state index >= 15 is 0 Å². The number of urea groups is 1. The second-order valence-corrected chi connectivity index (χ2v) is 4.11. The van der Waals surface area contributed by atoms with Crippen LogP contribution >= 0.6 is 0 Å². The predicted molar refractivity (Wildman–Crippen MR) is 70.2 cm³/mol. The quantitative estimate of drug-likeness (QED) is 0.601. The Morgan fingerprint density at radius 2 is 2.05 bits per heavy atom. The molecule has 0 spiro atoms. The fourth-order valence-electron chi connectivity index (χ4n) is 1.51. The average molecular weight is 281 g/mol. The van der Waals surface area contributed by atoms with Crippen molar-refractivity contribution in [3.63, 3.8) is 0 Å². The summed E-state index contributed by atoms with van der Waals surface area (Å²) in [6, 6.07) is 5.61. The number of nitro groups is 1. The first-order valence-electron chi connectivity index (χ1n) is 5.85. The Bertz CT molecular complexity index is 518. The normalized spacial score (nSPS) is 9.85. The first-order valence-corrected chi connectivity index (χ1v) is 5.85. The van der Waals surface area contributed by atoms with Crippen LogP contribution in [0.15, 0.2) is 24.3 Å². The zero-order chi connectivity index (χ0) is 15.1. The summed E-state index contributed by atoms with van der Waals surface area (Å²) in [4.78, 5) is 33.5. The molecule has 8 heteroatoms. The lowest BCUT2D eigenvalue weighted by Gasteiger charge is -2.16. The molecule has 2 amide bonds. The van der Waals surface area contributed by atoms with Gasteiger partial charge in [0.2, 0.25) is 0 Å². The highest BCUT2D eigenvalue weighted by molar-refractivity contribution is 5.75. The molecule has 0 unspecified atom stereocenters. The molecule has 8 nitrogen and oxygen atoms in total. The van der Waals surface area contributed by atoms with E-state index in [1.54, 1.807) is 18.2 Å². The van der Waals surface area contributed by atoms with Gasteiger partial charge in [0.1, 0.15) is 0 Å². The number of nitrogens with zero attached hydrogens (tertiary/aromatic N) is 2. The highest BCUT2D eigenvalue weighted by Gasteiger charge is 2.14. The minimum Gasteiger partial charge on any atom is -0.481 e. The Morgan fingerprint density at radius 3 is 2.65 bits per heavy atom. The van der Waals surface area contributed by atoms with E-state index in [0.717, 1.165) is 0 Å². The molecule has 0 bridgehead atoms. The number of hydrogen-bond acceptors (Lipinski definition) is 4. The number of hydrogen-bond donors (Lipinski definition) is 2. The van der Waals surface area contributed by atoms with E-state index in [2.05, 4.69) is 5.32 Å². The highest BCUT2D eigenvalue weighted by Crippen LogP contribution is 2.17. The smallest absolute Gasteiger partial charge is 0.317 e. The number of carboxylic acid groups (broad SMARTS) is 1. The van der Waals surface area contributed by atoms with E-state index in [9.17, 15) is 19.7 Å². The summed E-state index contributed by atoms with van der Waals surface area (Å²) >= 11 is 0. The van der Waals surface area contributed by atoms with Crippen LogP contribution in [0.4, 0.5) is 10.5 Å². The molecule has 0 aliphatic rings. The molecule has 0 radical (unpaired) electrons. The number of para-hydroxylation sites is 1. The standard InChI is InChI=1S/C12H15N3O5/c1-14(7-6-11(16)17)12(18)13-8-9-4-2-3-5-10(9)15(19)20/h2-5H,6-8H2,1H3,(H,13,18)(H,16,17). The molecule has 0 aromatic heterocycles. The van der Waals surface area contributed by atoms with Gasteiger partial charge in [-0.15, -0.1) is 0 Å². The SMILES string of the molecule is CN(CCC(=O)O)C(=O)NCc1ccccc1[N+](=O)[O-]. The van der Waals surface area contributed by atoms with E-state index in [4.69, 9.17) is 5.11 Å². The average Bonchev–Trinajstić information content (AvgIpc) is 2.42. The summed E-state index contributed by atoms with van der Waals surface area (Å²) in [7, 11) is 1.46. The van der Waals surface area contributed by atoms with Crippen molar-refractivity contribution in [3.8, 4) is 0 Å². The first kappa shape index (κ1) is 15.4. The van der Waals surface area contributed by atoms with Crippen LogP contribution in [0.2, 0.25) is 0 Å². The summed E-state index contributed by atoms with van der Waals surface area (Å²) in [6.07, 6.45) is -0.157. The van der Waals surface area contributed by atoms with Crippen LogP contribution in [0, 0.1) is 10.1 Å². The van der Waals surface area contributed by atoms with Crippen molar-refractivity contribution in [3.05, 3.63) is 39.9 Å². The number of rotatable bonds is 6. The first-order chi connectivity index (χ1) is 9.41. The van der Waals surface area contributed by atoms with Crippen LogP contribution in [-0.2, 0) is 11.3 Å². The van der Waals surface area contributed by atoms with Gasteiger partial charge in [-0.2, -0.15) is 0 Å². The topological polar surface area (TPSA) is 113 Å². The largest absolute Gasteiger partial charge is 0.481 e. The Morgan fingerprint density at radius 1 is 1.40 bits per heavy atom. The van der Waals surface area contributed by atoms with Gasteiger partial charge in [0, 0.05) is 25.2 Å². The molecule has 1 rings (SSSR count). The molecule has 0 aliphatic carbocycles. The summed E-state index contributed by atoms with van der Waals surface area (Å²) in [5, 5.41) is 21.8. The predicted octanol–water partition coefficient (Wildman–Crippen LogP) is 1.21. The third-order valence-corrected chi connectivity index (χ3v) is 2.63. The van der Waals surface area contributed by atoms with E-state index in [-0.39, 0.29) is 25.2 Å². The van der Waals surface area contributed by atoms with Crippen molar-refractivity contribution in [2.24, 2.45) is 0 Å². The van der Waals surface area contributed by atoms with Crippen LogP contribution in [0.5, 0.6) is 0 Å². The van der Waals surface area contributed by atoms with Crippen molar-refractivity contribution in [2.45, 2.75) is 13.0 Å². The molecule has 20 heavy (non-hydrogen) atoms. The van der Waals surface area contributed by atoms with Crippen LogP contribution in [-0.4, -0.2) is 40.5 Å². The molecule has 0 aliphatic heterocycles. The van der Waals surface area contributed by atoms with Crippen molar-refractivity contribution >= 4 is 17.7 Å². The zero-order valence-corrected chi connectivity index (χ0v) is 10.9. The van der Waals surface area contributed by atoms with E-state index in [1.807, 2.05) is 0 Å². The van der Waals surface area contributed by atoms with Crippen LogP contribution in [0.25, 0.3) is 0 Å². The minimum atomic E-state index is -0.997. The van der Waals surface area contributed by atoms with Gasteiger partial charge in [0.15, 0.2) is 0 Å². The van der Waals surface area contributed by atoms with Crippen molar-refractivity contribution in [1.29, 1.82) is 0 Å². The number of aliphatic carboxylic acids is 1. The van der Waals surface area contributed by atoms with Crippen molar-refractivity contribution in [2.75, 3.05) is 13.6 Å². The lowest BCUT2D eigenvalue weighted by molar-refractivity contribution is -0.385. The second kappa shape index (κ2) is 7.07. The van der Waals surface area contributed by atoms with E-state index < -0.39 is 16.9 Å². The molecule has 2 N–H and O–H groups in total. The van der Waals surface area contributed by atoms with Crippen LogP contribution in [0.1, 0.15) is 12.0 Å². The molecular formula is C12H15N3O5. The van der Waals surface area contributed by atoms with Crippen LogP contribution in [0.3, 0.4) is 0 Å². The summed E-state index contributed by atoms with van der Waals surface area (Å²) < 4.78 is 0. The summed E-state index contributed by atoms with van der Waals surface area (Å²) in [6.45, 7) is 0.0748.